The number of aryl methyl sites for hydroxylation is 1. The fourth-order valence-electron chi connectivity index (χ4n) is 5.52. The van der Waals surface area contributed by atoms with Crippen LogP contribution in [0.1, 0.15) is 35.0 Å². The molecule has 212 valence electrons. The number of hydrogen-bond acceptors (Lipinski definition) is 8. The fourth-order valence-corrected chi connectivity index (χ4v) is 5.52. The van der Waals surface area contributed by atoms with E-state index in [1.165, 1.54) is 17.3 Å². The molecule has 3 aliphatic rings. The molecule has 11 nitrogen and oxygen atoms in total. The Kier molecular flexibility index (Phi) is 7.08. The van der Waals surface area contributed by atoms with Crippen LogP contribution in [0.25, 0.3) is 11.3 Å². The number of rotatable bonds is 5. The quantitative estimate of drug-likeness (QED) is 0.469. The number of nitriles is 1. The molecule has 2 saturated heterocycles. The van der Waals surface area contributed by atoms with Crippen LogP contribution >= 0.6 is 0 Å². The third kappa shape index (κ3) is 5.11. The number of benzene rings is 1. The summed E-state index contributed by atoms with van der Waals surface area (Å²) in [7, 11) is 0. The lowest BCUT2D eigenvalue weighted by Crippen LogP contribution is -2.52. The first-order chi connectivity index (χ1) is 19.8. The van der Waals surface area contributed by atoms with Gasteiger partial charge in [0.15, 0.2) is 5.82 Å². The lowest BCUT2D eigenvalue weighted by Gasteiger charge is -2.37. The number of piperazine rings is 1. The Labute approximate surface area is 235 Å². The molecule has 1 atom stereocenters. The van der Waals surface area contributed by atoms with Gasteiger partial charge in [0, 0.05) is 62.5 Å². The van der Waals surface area contributed by atoms with Gasteiger partial charge >= 0.3 is 6.03 Å². The fraction of sp³-hybridized carbons (Fsp3) is 0.429. The average Bonchev–Trinajstić information content (AvgIpc) is 3.55. The molecule has 6 rings (SSSR count). The van der Waals surface area contributed by atoms with Crippen LogP contribution in [0.15, 0.2) is 29.5 Å². The Morgan fingerprint density at radius 2 is 1.93 bits per heavy atom. The van der Waals surface area contributed by atoms with E-state index in [1.54, 1.807) is 17.2 Å². The molecule has 41 heavy (non-hydrogen) atoms. The van der Waals surface area contributed by atoms with Gasteiger partial charge in [0.05, 0.1) is 42.8 Å². The molecule has 0 unspecified atom stereocenters. The van der Waals surface area contributed by atoms with E-state index >= 15 is 4.39 Å². The number of ether oxygens (including phenoxy) is 1. The van der Waals surface area contributed by atoms with Crippen molar-refractivity contribution >= 4 is 18.2 Å². The number of hydrazone groups is 1. The highest BCUT2D eigenvalue weighted by Gasteiger charge is 2.34. The molecule has 3 aromatic rings. The highest BCUT2D eigenvalue weighted by molar-refractivity contribution is 5.79. The molecule has 2 aromatic heterocycles. The van der Waals surface area contributed by atoms with Crippen LogP contribution in [0.4, 0.5) is 19.5 Å². The van der Waals surface area contributed by atoms with Gasteiger partial charge in [-0.25, -0.2) is 28.6 Å². The summed E-state index contributed by atoms with van der Waals surface area (Å²) >= 11 is 0. The van der Waals surface area contributed by atoms with Gasteiger partial charge in [0.25, 0.3) is 0 Å². The lowest BCUT2D eigenvalue weighted by atomic mass is 10.0. The number of urea groups is 1. The molecule has 3 aliphatic heterocycles. The third-order valence-corrected chi connectivity index (χ3v) is 7.78. The molecule has 0 spiro atoms. The highest BCUT2D eigenvalue weighted by atomic mass is 19.1. The monoisotopic (exact) mass is 561 g/mol. The Balaban J connectivity index is 1.15. The largest absolute Gasteiger partial charge is 0.381 e. The summed E-state index contributed by atoms with van der Waals surface area (Å²) in [5.41, 5.74) is 3.12. The van der Waals surface area contributed by atoms with Crippen LogP contribution in [-0.4, -0.2) is 81.3 Å². The second-order valence-electron chi connectivity index (χ2n) is 10.5. The molecular formula is C28H29F2N9O2. The minimum atomic E-state index is -0.531. The summed E-state index contributed by atoms with van der Waals surface area (Å²) in [5.74, 6) is -0.268. The number of carbonyl (C=O) groups is 1. The zero-order chi connectivity index (χ0) is 28.7. The van der Waals surface area contributed by atoms with Gasteiger partial charge in [-0.1, -0.05) is 0 Å². The Bertz CT molecular complexity index is 1550. The van der Waals surface area contributed by atoms with Gasteiger partial charge in [-0.15, -0.1) is 0 Å². The van der Waals surface area contributed by atoms with Gasteiger partial charge in [0.2, 0.25) is 5.95 Å². The van der Waals surface area contributed by atoms with E-state index in [0.29, 0.717) is 81.0 Å². The van der Waals surface area contributed by atoms with Crippen molar-refractivity contribution < 1.29 is 18.3 Å². The summed E-state index contributed by atoms with van der Waals surface area (Å²) in [6, 6.07) is 5.23. The van der Waals surface area contributed by atoms with Crippen molar-refractivity contribution in [3.63, 3.8) is 0 Å². The number of hydrogen-bond donors (Lipinski definition) is 0. The van der Waals surface area contributed by atoms with Gasteiger partial charge < -0.3 is 14.5 Å². The minimum Gasteiger partial charge on any atom is -0.381 e. The number of halogens is 2. The van der Waals surface area contributed by atoms with Crippen molar-refractivity contribution in [3.05, 3.63) is 58.5 Å². The number of anilines is 1. The summed E-state index contributed by atoms with van der Waals surface area (Å²) in [6.45, 7) is 7.51. The van der Waals surface area contributed by atoms with E-state index in [0.717, 1.165) is 11.8 Å². The van der Waals surface area contributed by atoms with Crippen molar-refractivity contribution in [1.29, 1.82) is 5.26 Å². The predicted octanol–water partition coefficient (Wildman–Crippen LogP) is 3.43. The van der Waals surface area contributed by atoms with Crippen LogP contribution in [0.5, 0.6) is 0 Å². The number of amides is 2. The Morgan fingerprint density at radius 1 is 1.15 bits per heavy atom. The first-order valence-electron chi connectivity index (χ1n) is 13.5. The van der Waals surface area contributed by atoms with Crippen LogP contribution in [-0.2, 0) is 11.3 Å². The predicted molar refractivity (Wildman–Crippen MR) is 145 cm³/mol. The highest BCUT2D eigenvalue weighted by Crippen LogP contribution is 2.32. The maximum absolute atomic E-state index is 15.0. The summed E-state index contributed by atoms with van der Waals surface area (Å²) in [6.07, 6.45) is 3.23. The van der Waals surface area contributed by atoms with Crippen molar-refractivity contribution in [2.45, 2.75) is 32.9 Å². The molecule has 1 aromatic carbocycles. The zero-order valence-corrected chi connectivity index (χ0v) is 22.8. The molecule has 0 N–H and O–H groups in total. The number of nitrogens with zero attached hydrogens (tertiary/aromatic N) is 9. The average molecular weight is 562 g/mol. The molecule has 13 heteroatoms. The van der Waals surface area contributed by atoms with E-state index in [2.05, 4.69) is 20.2 Å². The van der Waals surface area contributed by atoms with E-state index in [9.17, 15) is 14.4 Å². The molecule has 2 amide bonds. The normalized spacial score (nSPS) is 19.0. The standard InChI is InChI=1S/C28H29F2N9O2/c1-17-25(18(2)38(35-17)14-20-15-41-16-20)26-23(30)13-32-27(34-26)36-5-7-37(8-6-36)28(40)39-24(3-4-33-39)21-9-19(12-31)10-22(29)11-21/h4,9-11,13,20,24H,3,5-8,14-16H2,1-2H3/t24-/m0/s1. The van der Waals surface area contributed by atoms with Crippen LogP contribution in [0, 0.1) is 42.7 Å². The van der Waals surface area contributed by atoms with Gasteiger partial charge in [0.1, 0.15) is 11.5 Å². The number of aromatic nitrogens is 4. The van der Waals surface area contributed by atoms with Gasteiger partial charge in [-0.2, -0.15) is 15.5 Å². The van der Waals surface area contributed by atoms with E-state index in [-0.39, 0.29) is 17.3 Å². The first kappa shape index (κ1) is 26.8. The van der Waals surface area contributed by atoms with E-state index < -0.39 is 17.7 Å². The molecule has 0 bridgehead atoms. The third-order valence-electron chi connectivity index (χ3n) is 7.78. The van der Waals surface area contributed by atoms with Crippen molar-refractivity contribution in [3.8, 4) is 17.3 Å². The van der Waals surface area contributed by atoms with Crippen molar-refractivity contribution in [1.82, 2.24) is 29.7 Å². The summed E-state index contributed by atoms with van der Waals surface area (Å²) in [4.78, 5) is 25.8. The van der Waals surface area contributed by atoms with Crippen LogP contribution in [0.2, 0.25) is 0 Å². The topological polar surface area (TPSA) is 116 Å². The zero-order valence-electron chi connectivity index (χ0n) is 22.8. The second kappa shape index (κ2) is 10.9. The minimum absolute atomic E-state index is 0.192. The molecule has 0 saturated carbocycles. The molecule has 2 fully saturated rings. The number of carbonyl (C=O) groups excluding carboxylic acids is 1. The molecule has 0 radical (unpaired) electrons. The first-order valence-corrected chi connectivity index (χ1v) is 13.5. The molecule has 0 aliphatic carbocycles. The van der Waals surface area contributed by atoms with Gasteiger partial charge in [-0.05, 0) is 37.6 Å². The van der Waals surface area contributed by atoms with Crippen LogP contribution < -0.4 is 4.90 Å². The summed E-state index contributed by atoms with van der Waals surface area (Å²) < 4.78 is 36.2. The maximum Gasteiger partial charge on any atom is 0.341 e. The smallest absolute Gasteiger partial charge is 0.341 e. The van der Waals surface area contributed by atoms with Crippen molar-refractivity contribution in [2.24, 2.45) is 11.0 Å². The van der Waals surface area contributed by atoms with E-state index in [1.807, 2.05) is 29.5 Å². The van der Waals surface area contributed by atoms with E-state index in [4.69, 9.17) is 4.74 Å². The summed E-state index contributed by atoms with van der Waals surface area (Å²) in [5, 5.41) is 19.4. The van der Waals surface area contributed by atoms with Gasteiger partial charge in [-0.3, -0.25) is 4.68 Å². The molecule has 5 heterocycles. The SMILES string of the molecule is Cc1nn(CC2COC2)c(C)c1-c1nc(N2CCN(C(=O)N3N=CC[C@H]3c3cc(F)cc(C#N)c3)CC2)ncc1F. The lowest BCUT2D eigenvalue weighted by molar-refractivity contribution is -0.0411. The van der Waals surface area contributed by atoms with Crippen molar-refractivity contribution in [2.75, 3.05) is 44.3 Å². The molecular weight excluding hydrogens is 532 g/mol. The van der Waals surface area contributed by atoms with Crippen LogP contribution in [0.3, 0.4) is 0 Å². The Morgan fingerprint density at radius 3 is 2.63 bits per heavy atom. The maximum atomic E-state index is 15.0. The Hall–Kier alpha value is -4.44. The second-order valence-corrected chi connectivity index (χ2v) is 10.5.